The van der Waals surface area contributed by atoms with E-state index < -0.39 is 5.38 Å². The fourth-order valence-electron chi connectivity index (χ4n) is 2.88. The first-order valence-electron chi connectivity index (χ1n) is 9.33. The van der Waals surface area contributed by atoms with E-state index in [1.807, 2.05) is 31.7 Å². The van der Waals surface area contributed by atoms with E-state index in [1.165, 1.54) is 0 Å². The van der Waals surface area contributed by atoms with Crippen LogP contribution in [0.4, 0.5) is 0 Å². The van der Waals surface area contributed by atoms with E-state index in [-0.39, 0.29) is 18.2 Å². The quantitative estimate of drug-likeness (QED) is 0.348. The average Bonchev–Trinajstić information content (AvgIpc) is 2.85. The molecule has 0 aliphatic carbocycles. The van der Waals surface area contributed by atoms with Crippen molar-refractivity contribution in [3.8, 4) is 0 Å². The third-order valence-electron chi connectivity index (χ3n) is 4.68. The molecule has 4 unspecified atom stereocenters. The Bertz CT molecular complexity index is 389. The molecule has 1 heterocycles. The smallest absolute Gasteiger partial charge is 0.241 e. The molecule has 0 saturated carbocycles. The minimum Gasteiger partial charge on any atom is -0.350 e. The second kappa shape index (κ2) is 11.9. The van der Waals surface area contributed by atoms with Gasteiger partial charge in [0.1, 0.15) is 5.38 Å². The van der Waals surface area contributed by atoms with E-state index in [2.05, 4.69) is 13.0 Å². The molecule has 0 bridgehead atoms. The highest BCUT2D eigenvalue weighted by molar-refractivity contribution is 6.30. The lowest BCUT2D eigenvalue weighted by Crippen LogP contribution is -2.50. The van der Waals surface area contributed by atoms with Crippen molar-refractivity contribution in [1.82, 2.24) is 4.90 Å². The largest absolute Gasteiger partial charge is 0.350 e. The summed E-state index contributed by atoms with van der Waals surface area (Å²) in [5.74, 6) is 0.521. The molecule has 0 aromatic carbocycles. The maximum absolute atomic E-state index is 12.7. The zero-order valence-electron chi connectivity index (χ0n) is 15.7. The van der Waals surface area contributed by atoms with Gasteiger partial charge in [0.05, 0.1) is 19.3 Å². The fraction of sp³-hybridized carbons (Fsp3) is 0.842. The lowest BCUT2D eigenvalue weighted by atomic mass is 10.1. The predicted molar refractivity (Wildman–Crippen MR) is 99.2 cm³/mol. The Hall–Kier alpha value is -0.580. The molecular formula is C19H34ClNO3. The summed E-state index contributed by atoms with van der Waals surface area (Å²) in [4.78, 5) is 14.5. The van der Waals surface area contributed by atoms with E-state index in [0.29, 0.717) is 32.1 Å². The summed E-state index contributed by atoms with van der Waals surface area (Å²) in [5.41, 5.74) is 0. The Labute approximate surface area is 152 Å². The summed E-state index contributed by atoms with van der Waals surface area (Å²) >= 11 is 6.22. The van der Waals surface area contributed by atoms with Crippen LogP contribution in [0.15, 0.2) is 12.2 Å². The second-order valence-electron chi connectivity index (χ2n) is 6.49. The molecule has 1 aliphatic heterocycles. The number of hydrogen-bond acceptors (Lipinski definition) is 3. The van der Waals surface area contributed by atoms with Crippen LogP contribution < -0.4 is 0 Å². The first-order chi connectivity index (χ1) is 11.5. The lowest BCUT2D eigenvalue weighted by Gasteiger charge is -2.35. The van der Waals surface area contributed by atoms with Crippen LogP contribution in [-0.2, 0) is 14.3 Å². The van der Waals surface area contributed by atoms with Crippen LogP contribution in [0.5, 0.6) is 0 Å². The normalized spacial score (nSPS) is 24.5. The molecule has 4 atom stereocenters. The molecule has 1 saturated heterocycles. The Balaban J connectivity index is 2.73. The van der Waals surface area contributed by atoms with Crippen molar-refractivity contribution >= 4 is 17.5 Å². The number of alkyl halides is 1. The molecule has 1 fully saturated rings. The van der Waals surface area contributed by atoms with Gasteiger partial charge in [-0.05, 0) is 45.4 Å². The highest BCUT2D eigenvalue weighted by atomic mass is 35.5. The van der Waals surface area contributed by atoms with Gasteiger partial charge in [-0.3, -0.25) is 4.79 Å². The van der Waals surface area contributed by atoms with Gasteiger partial charge in [0, 0.05) is 6.54 Å². The van der Waals surface area contributed by atoms with Crippen molar-refractivity contribution in [1.29, 1.82) is 0 Å². The van der Waals surface area contributed by atoms with Gasteiger partial charge >= 0.3 is 0 Å². The first kappa shape index (κ1) is 21.5. The molecule has 0 aromatic heterocycles. The van der Waals surface area contributed by atoms with Gasteiger partial charge in [-0.25, -0.2) is 0 Å². The maximum Gasteiger partial charge on any atom is 0.241 e. The minimum absolute atomic E-state index is 0.0179. The van der Waals surface area contributed by atoms with Gasteiger partial charge < -0.3 is 14.4 Å². The SMILES string of the molecule is C/C=C/CCCN(C(=O)C(Cl)CC)C(C)C1OCCC(CC)CO1. The van der Waals surface area contributed by atoms with Crippen LogP contribution in [0.2, 0.25) is 0 Å². The van der Waals surface area contributed by atoms with Gasteiger partial charge in [0.2, 0.25) is 5.91 Å². The van der Waals surface area contributed by atoms with Gasteiger partial charge in [-0.2, -0.15) is 0 Å². The predicted octanol–water partition coefficient (Wildman–Crippen LogP) is 4.37. The summed E-state index contributed by atoms with van der Waals surface area (Å²) < 4.78 is 11.9. The zero-order chi connectivity index (χ0) is 17.9. The van der Waals surface area contributed by atoms with Crippen molar-refractivity contribution < 1.29 is 14.3 Å². The van der Waals surface area contributed by atoms with Gasteiger partial charge in [0.25, 0.3) is 0 Å². The first-order valence-corrected chi connectivity index (χ1v) is 9.77. The Morgan fingerprint density at radius 2 is 2.12 bits per heavy atom. The van der Waals surface area contributed by atoms with Crippen LogP contribution in [0.25, 0.3) is 0 Å². The average molecular weight is 360 g/mol. The van der Waals surface area contributed by atoms with Crippen molar-refractivity contribution in [3.05, 3.63) is 12.2 Å². The summed E-state index contributed by atoms with van der Waals surface area (Å²) in [6.07, 6.45) is 8.40. The molecule has 0 spiro atoms. The Morgan fingerprint density at radius 1 is 1.38 bits per heavy atom. The molecule has 1 rings (SSSR count). The van der Waals surface area contributed by atoms with Gasteiger partial charge in [-0.15, -0.1) is 11.6 Å². The third kappa shape index (κ3) is 6.73. The number of allylic oxidation sites excluding steroid dienone is 2. The second-order valence-corrected chi connectivity index (χ2v) is 7.02. The summed E-state index contributed by atoms with van der Waals surface area (Å²) in [5, 5.41) is -0.483. The molecule has 0 N–H and O–H groups in total. The van der Waals surface area contributed by atoms with E-state index in [0.717, 1.165) is 25.7 Å². The standard InChI is InChI=1S/C19H34ClNO3/c1-5-8-9-10-12-21(18(22)17(20)7-3)15(4)19-23-13-11-16(6-2)14-24-19/h5,8,15-17,19H,6-7,9-14H2,1-4H3/b8-5+. The van der Waals surface area contributed by atoms with Crippen LogP contribution in [0, 0.1) is 5.92 Å². The number of carbonyl (C=O) groups is 1. The third-order valence-corrected chi connectivity index (χ3v) is 5.18. The summed E-state index contributed by atoms with van der Waals surface area (Å²) in [6.45, 7) is 10.2. The Kier molecular flexibility index (Phi) is 10.6. The Morgan fingerprint density at radius 3 is 2.75 bits per heavy atom. The van der Waals surface area contributed by atoms with Crippen molar-refractivity contribution in [3.63, 3.8) is 0 Å². The molecule has 0 aromatic rings. The maximum atomic E-state index is 12.7. The lowest BCUT2D eigenvalue weighted by molar-refractivity contribution is -0.173. The van der Waals surface area contributed by atoms with Crippen LogP contribution in [0.3, 0.4) is 0 Å². The number of amides is 1. The van der Waals surface area contributed by atoms with Crippen molar-refractivity contribution in [2.24, 2.45) is 5.92 Å². The van der Waals surface area contributed by atoms with Crippen molar-refractivity contribution in [2.75, 3.05) is 19.8 Å². The summed E-state index contributed by atoms with van der Waals surface area (Å²) in [6, 6.07) is -0.133. The van der Waals surface area contributed by atoms with E-state index >= 15 is 0 Å². The molecule has 24 heavy (non-hydrogen) atoms. The molecule has 1 aliphatic rings. The van der Waals surface area contributed by atoms with E-state index in [9.17, 15) is 4.79 Å². The highest BCUT2D eigenvalue weighted by Crippen LogP contribution is 2.21. The topological polar surface area (TPSA) is 38.8 Å². The molecule has 5 heteroatoms. The van der Waals surface area contributed by atoms with Crippen molar-refractivity contribution in [2.45, 2.75) is 77.5 Å². The van der Waals surface area contributed by atoms with E-state index in [1.54, 1.807) is 0 Å². The number of ether oxygens (including phenoxy) is 2. The number of unbranched alkanes of at least 4 members (excludes halogenated alkanes) is 1. The molecule has 4 nitrogen and oxygen atoms in total. The molecular weight excluding hydrogens is 326 g/mol. The number of carbonyl (C=O) groups excluding carboxylic acids is 1. The number of hydrogen-bond donors (Lipinski definition) is 0. The van der Waals surface area contributed by atoms with Crippen LogP contribution >= 0.6 is 11.6 Å². The number of rotatable bonds is 9. The molecule has 140 valence electrons. The highest BCUT2D eigenvalue weighted by Gasteiger charge is 2.32. The number of nitrogens with zero attached hydrogens (tertiary/aromatic N) is 1. The van der Waals surface area contributed by atoms with Crippen LogP contribution in [0.1, 0.15) is 59.8 Å². The van der Waals surface area contributed by atoms with Gasteiger partial charge in [-0.1, -0.05) is 32.4 Å². The molecule has 1 amide bonds. The minimum atomic E-state index is -0.483. The van der Waals surface area contributed by atoms with Crippen LogP contribution in [-0.4, -0.2) is 48.3 Å². The zero-order valence-corrected chi connectivity index (χ0v) is 16.4. The fourth-order valence-corrected chi connectivity index (χ4v) is 3.00. The summed E-state index contributed by atoms with van der Waals surface area (Å²) in [7, 11) is 0. The van der Waals surface area contributed by atoms with E-state index in [4.69, 9.17) is 21.1 Å². The number of halogens is 1. The molecule has 0 radical (unpaired) electrons. The van der Waals surface area contributed by atoms with Gasteiger partial charge in [0.15, 0.2) is 6.29 Å². The monoisotopic (exact) mass is 359 g/mol.